The lowest BCUT2D eigenvalue weighted by molar-refractivity contribution is -0.119. The minimum absolute atomic E-state index is 0.0554. The van der Waals surface area contributed by atoms with Crippen molar-refractivity contribution in [2.45, 2.75) is 13.0 Å². The predicted molar refractivity (Wildman–Crippen MR) is 68.3 cm³/mol. The fraction of sp³-hybridized carbons (Fsp3) is 0.462. The Bertz CT molecular complexity index is 523. The molecule has 20 heavy (non-hydrogen) atoms. The number of aliphatic hydroxyl groups excluding tert-OH is 1. The molecule has 6 nitrogen and oxygen atoms in total. The van der Waals surface area contributed by atoms with Gasteiger partial charge in [-0.1, -0.05) is 0 Å². The van der Waals surface area contributed by atoms with E-state index < -0.39 is 11.7 Å². The molecule has 0 aliphatic carbocycles. The fourth-order valence-electron chi connectivity index (χ4n) is 2.37. The Morgan fingerprint density at radius 3 is 2.90 bits per heavy atom. The standard InChI is InChI=1S/C13H16FN3O3/c1-8(19)16-12-6-17(5-9(12)7-18)13(20)10-2-3-15-4-11(10)14/h2-4,9,12,18H,5-7H2,1H3,(H,16,19). The normalized spacial score (nSPS) is 21.9. The van der Waals surface area contributed by atoms with Crippen LogP contribution in [0, 0.1) is 11.7 Å². The number of aliphatic hydroxyl groups is 1. The Hall–Kier alpha value is -2.02. The largest absolute Gasteiger partial charge is 0.396 e. The monoisotopic (exact) mass is 281 g/mol. The number of hydrogen-bond acceptors (Lipinski definition) is 4. The highest BCUT2D eigenvalue weighted by Gasteiger charge is 2.36. The molecule has 1 aliphatic heterocycles. The van der Waals surface area contributed by atoms with E-state index in [1.54, 1.807) is 0 Å². The first kappa shape index (κ1) is 14.4. The fourth-order valence-corrected chi connectivity index (χ4v) is 2.37. The number of nitrogens with one attached hydrogen (secondary N) is 1. The van der Waals surface area contributed by atoms with Crippen LogP contribution in [-0.4, -0.2) is 52.5 Å². The van der Waals surface area contributed by atoms with Crippen molar-refractivity contribution < 1.29 is 19.1 Å². The highest BCUT2D eigenvalue weighted by molar-refractivity contribution is 5.94. The van der Waals surface area contributed by atoms with Gasteiger partial charge in [-0.3, -0.25) is 14.6 Å². The molecule has 0 spiro atoms. The minimum Gasteiger partial charge on any atom is -0.396 e. The van der Waals surface area contributed by atoms with E-state index in [9.17, 15) is 19.1 Å². The maximum atomic E-state index is 13.6. The number of halogens is 1. The van der Waals surface area contributed by atoms with Gasteiger partial charge in [0, 0.05) is 38.7 Å². The van der Waals surface area contributed by atoms with Crippen molar-refractivity contribution >= 4 is 11.8 Å². The number of nitrogens with zero attached hydrogens (tertiary/aromatic N) is 2. The lowest BCUT2D eigenvalue weighted by atomic mass is 10.1. The molecule has 2 amide bonds. The molecule has 0 radical (unpaired) electrons. The van der Waals surface area contributed by atoms with Crippen LogP contribution in [0.1, 0.15) is 17.3 Å². The minimum atomic E-state index is -0.680. The van der Waals surface area contributed by atoms with E-state index in [-0.39, 0.29) is 43.1 Å². The van der Waals surface area contributed by atoms with Crippen molar-refractivity contribution in [3.63, 3.8) is 0 Å². The molecule has 1 aliphatic rings. The van der Waals surface area contributed by atoms with Crippen LogP contribution in [0.15, 0.2) is 18.5 Å². The zero-order chi connectivity index (χ0) is 14.7. The molecule has 2 heterocycles. The van der Waals surface area contributed by atoms with Crippen LogP contribution in [0.2, 0.25) is 0 Å². The van der Waals surface area contributed by atoms with Crippen molar-refractivity contribution in [3.8, 4) is 0 Å². The van der Waals surface area contributed by atoms with Crippen LogP contribution in [0.25, 0.3) is 0 Å². The van der Waals surface area contributed by atoms with E-state index >= 15 is 0 Å². The van der Waals surface area contributed by atoms with Crippen LogP contribution in [0.3, 0.4) is 0 Å². The molecule has 1 saturated heterocycles. The van der Waals surface area contributed by atoms with Gasteiger partial charge in [0.2, 0.25) is 5.91 Å². The summed E-state index contributed by atoms with van der Waals surface area (Å²) < 4.78 is 13.6. The number of carbonyl (C=O) groups is 2. The zero-order valence-electron chi connectivity index (χ0n) is 11.0. The molecule has 1 fully saturated rings. The summed E-state index contributed by atoms with van der Waals surface area (Å²) in [6, 6.07) is 1.00. The third-order valence-electron chi connectivity index (χ3n) is 3.35. The van der Waals surface area contributed by atoms with E-state index in [1.165, 1.54) is 24.1 Å². The van der Waals surface area contributed by atoms with E-state index in [0.717, 1.165) is 6.20 Å². The quantitative estimate of drug-likeness (QED) is 0.803. The number of hydrogen-bond donors (Lipinski definition) is 2. The second kappa shape index (κ2) is 5.96. The predicted octanol–water partition coefficient (Wildman–Crippen LogP) is -0.210. The Morgan fingerprint density at radius 2 is 2.30 bits per heavy atom. The van der Waals surface area contributed by atoms with E-state index in [2.05, 4.69) is 10.3 Å². The second-order valence-corrected chi connectivity index (χ2v) is 4.82. The molecule has 108 valence electrons. The molecular weight excluding hydrogens is 265 g/mol. The highest BCUT2D eigenvalue weighted by Crippen LogP contribution is 2.20. The number of amides is 2. The van der Waals surface area contributed by atoms with Crippen molar-refractivity contribution in [2.75, 3.05) is 19.7 Å². The van der Waals surface area contributed by atoms with Crippen LogP contribution in [0.4, 0.5) is 4.39 Å². The van der Waals surface area contributed by atoms with Crippen LogP contribution >= 0.6 is 0 Å². The Kier molecular flexibility index (Phi) is 4.29. The van der Waals surface area contributed by atoms with Crippen molar-refractivity contribution in [3.05, 3.63) is 29.8 Å². The molecule has 1 aromatic rings. The number of aromatic nitrogens is 1. The van der Waals surface area contributed by atoms with E-state index in [1.807, 2.05) is 0 Å². The summed E-state index contributed by atoms with van der Waals surface area (Å²) in [4.78, 5) is 28.3. The van der Waals surface area contributed by atoms with Crippen molar-refractivity contribution in [1.29, 1.82) is 0 Å². The van der Waals surface area contributed by atoms with Gasteiger partial charge in [0.05, 0.1) is 17.8 Å². The first-order chi connectivity index (χ1) is 9.52. The molecule has 0 aromatic carbocycles. The van der Waals surface area contributed by atoms with Gasteiger partial charge in [0.15, 0.2) is 5.82 Å². The lowest BCUT2D eigenvalue weighted by Gasteiger charge is -2.17. The number of likely N-dealkylation sites (tertiary alicyclic amines) is 1. The van der Waals surface area contributed by atoms with Gasteiger partial charge in [0.25, 0.3) is 5.91 Å². The van der Waals surface area contributed by atoms with Crippen molar-refractivity contribution in [2.24, 2.45) is 5.92 Å². The number of rotatable bonds is 3. The highest BCUT2D eigenvalue weighted by atomic mass is 19.1. The molecule has 2 atom stereocenters. The van der Waals surface area contributed by atoms with Crippen LogP contribution < -0.4 is 5.32 Å². The van der Waals surface area contributed by atoms with Gasteiger partial charge in [-0.05, 0) is 6.07 Å². The topological polar surface area (TPSA) is 82.5 Å². The average Bonchev–Trinajstić information content (AvgIpc) is 2.80. The SMILES string of the molecule is CC(=O)NC1CN(C(=O)c2ccncc2F)CC1CO. The Labute approximate surface area is 115 Å². The second-order valence-electron chi connectivity index (χ2n) is 4.82. The summed E-state index contributed by atoms with van der Waals surface area (Å²) in [5.41, 5.74) is -0.0554. The molecule has 0 bridgehead atoms. The number of pyridine rings is 1. The summed E-state index contributed by atoms with van der Waals surface area (Å²) in [6.07, 6.45) is 2.33. The first-order valence-electron chi connectivity index (χ1n) is 6.29. The lowest BCUT2D eigenvalue weighted by Crippen LogP contribution is -2.40. The summed E-state index contributed by atoms with van der Waals surface area (Å²) in [7, 11) is 0. The van der Waals surface area contributed by atoms with Crippen LogP contribution in [0.5, 0.6) is 0 Å². The summed E-state index contributed by atoms with van der Waals surface area (Å²) in [6.45, 7) is 1.77. The molecule has 0 saturated carbocycles. The van der Waals surface area contributed by atoms with Crippen molar-refractivity contribution in [1.82, 2.24) is 15.2 Å². The smallest absolute Gasteiger partial charge is 0.257 e. The zero-order valence-corrected chi connectivity index (χ0v) is 11.0. The first-order valence-corrected chi connectivity index (χ1v) is 6.29. The van der Waals surface area contributed by atoms with E-state index in [0.29, 0.717) is 0 Å². The molecular formula is C13H16FN3O3. The molecule has 7 heteroatoms. The third kappa shape index (κ3) is 2.93. The Morgan fingerprint density at radius 1 is 1.55 bits per heavy atom. The Balaban J connectivity index is 2.13. The van der Waals surface area contributed by atoms with Gasteiger partial charge in [-0.25, -0.2) is 4.39 Å². The average molecular weight is 281 g/mol. The molecule has 2 N–H and O–H groups in total. The summed E-state index contributed by atoms with van der Waals surface area (Å²) >= 11 is 0. The van der Waals surface area contributed by atoms with Gasteiger partial charge in [0.1, 0.15) is 0 Å². The number of carbonyl (C=O) groups excluding carboxylic acids is 2. The summed E-state index contributed by atoms with van der Waals surface area (Å²) in [5.74, 6) is -1.61. The van der Waals surface area contributed by atoms with Crippen LogP contribution in [-0.2, 0) is 4.79 Å². The van der Waals surface area contributed by atoms with E-state index in [4.69, 9.17) is 0 Å². The molecule has 2 unspecified atom stereocenters. The third-order valence-corrected chi connectivity index (χ3v) is 3.35. The molecule has 1 aromatic heterocycles. The maximum Gasteiger partial charge on any atom is 0.257 e. The van der Waals surface area contributed by atoms with Gasteiger partial charge < -0.3 is 15.3 Å². The van der Waals surface area contributed by atoms with Gasteiger partial charge >= 0.3 is 0 Å². The van der Waals surface area contributed by atoms with Gasteiger partial charge in [-0.15, -0.1) is 0 Å². The molecule has 2 rings (SSSR count). The summed E-state index contributed by atoms with van der Waals surface area (Å²) in [5, 5.41) is 12.0. The maximum absolute atomic E-state index is 13.6. The van der Waals surface area contributed by atoms with Gasteiger partial charge in [-0.2, -0.15) is 0 Å².